The summed E-state index contributed by atoms with van der Waals surface area (Å²) < 4.78 is 23.3. The highest BCUT2D eigenvalue weighted by Gasteiger charge is 2.66. The van der Waals surface area contributed by atoms with E-state index in [-0.39, 0.29) is 0 Å². The molecule has 3 nitrogen and oxygen atoms in total. The molecule has 0 N–H and O–H groups in total. The van der Waals surface area contributed by atoms with Gasteiger partial charge in [-0.25, -0.2) is 0 Å². The summed E-state index contributed by atoms with van der Waals surface area (Å²) in [6.07, 6.45) is 4.60. The SMILES string of the molecule is CCCCCC[Si]1(c2ccccc2)O[Si](c2ccccc2)(c2ccccc2)O[Si](c2ccccc2)(c2ccccc2)O1. The third kappa shape index (κ3) is 5.54. The number of rotatable bonds is 10. The molecule has 1 saturated heterocycles. The van der Waals surface area contributed by atoms with E-state index >= 15 is 0 Å². The molecule has 42 heavy (non-hydrogen) atoms. The zero-order valence-corrected chi connectivity index (χ0v) is 27.2. The lowest BCUT2D eigenvalue weighted by molar-refractivity contribution is 0.256. The number of hydrogen-bond acceptors (Lipinski definition) is 3. The van der Waals surface area contributed by atoms with Crippen LogP contribution in [0.4, 0.5) is 0 Å². The van der Waals surface area contributed by atoms with Crippen molar-refractivity contribution >= 4 is 51.6 Å². The first kappa shape index (κ1) is 28.7. The Bertz CT molecular complexity index is 1370. The largest absolute Gasteiger partial charge is 0.405 e. The van der Waals surface area contributed by atoms with Crippen LogP contribution in [0.1, 0.15) is 32.6 Å². The van der Waals surface area contributed by atoms with Crippen LogP contribution in [0.5, 0.6) is 0 Å². The minimum atomic E-state index is -3.32. The van der Waals surface area contributed by atoms with Gasteiger partial charge in [0.2, 0.25) is 0 Å². The summed E-state index contributed by atoms with van der Waals surface area (Å²) in [5.41, 5.74) is 0. The lowest BCUT2D eigenvalue weighted by Gasteiger charge is -2.53. The summed E-state index contributed by atoms with van der Waals surface area (Å²) in [7, 11) is -9.76. The second kappa shape index (κ2) is 12.9. The predicted molar refractivity (Wildman–Crippen MR) is 180 cm³/mol. The van der Waals surface area contributed by atoms with Crippen molar-refractivity contribution in [3.8, 4) is 0 Å². The van der Waals surface area contributed by atoms with E-state index in [2.05, 4.69) is 159 Å². The van der Waals surface area contributed by atoms with Crippen LogP contribution < -0.4 is 25.9 Å². The summed E-state index contributed by atoms with van der Waals surface area (Å²) >= 11 is 0. The molecular formula is C36H38O3Si3. The average molecular weight is 603 g/mol. The van der Waals surface area contributed by atoms with Crippen molar-refractivity contribution in [3.05, 3.63) is 152 Å². The molecule has 0 saturated carbocycles. The second-order valence-corrected chi connectivity index (χ2v) is 20.7. The highest BCUT2D eigenvalue weighted by Crippen LogP contribution is 2.34. The van der Waals surface area contributed by atoms with Crippen molar-refractivity contribution in [2.75, 3.05) is 0 Å². The van der Waals surface area contributed by atoms with Gasteiger partial charge in [-0.05, 0) is 32.0 Å². The normalized spacial score (nSPS) is 17.0. The molecule has 1 fully saturated rings. The van der Waals surface area contributed by atoms with Gasteiger partial charge in [-0.2, -0.15) is 0 Å². The average Bonchev–Trinajstić information content (AvgIpc) is 3.08. The van der Waals surface area contributed by atoms with E-state index in [1.54, 1.807) is 0 Å². The maximum atomic E-state index is 7.78. The Balaban J connectivity index is 1.68. The fourth-order valence-corrected chi connectivity index (χ4v) is 23.4. The molecule has 1 heterocycles. The van der Waals surface area contributed by atoms with E-state index in [1.807, 2.05) is 0 Å². The molecular weight excluding hydrogens is 565 g/mol. The third-order valence-corrected chi connectivity index (χ3v) is 21.9. The Morgan fingerprint density at radius 1 is 0.381 bits per heavy atom. The van der Waals surface area contributed by atoms with E-state index in [0.29, 0.717) is 0 Å². The van der Waals surface area contributed by atoms with Gasteiger partial charge in [0.05, 0.1) is 0 Å². The molecule has 6 heteroatoms. The van der Waals surface area contributed by atoms with Gasteiger partial charge in [-0.3, -0.25) is 0 Å². The first-order chi connectivity index (χ1) is 20.7. The summed E-state index contributed by atoms with van der Waals surface area (Å²) in [6.45, 7) is 2.26. The van der Waals surface area contributed by atoms with E-state index in [9.17, 15) is 0 Å². The van der Waals surface area contributed by atoms with Crippen LogP contribution in [-0.2, 0) is 12.3 Å². The fourth-order valence-electron chi connectivity index (χ4n) is 6.01. The quantitative estimate of drug-likeness (QED) is 0.156. The van der Waals surface area contributed by atoms with Crippen LogP contribution in [-0.4, -0.2) is 25.7 Å². The molecule has 0 aliphatic carbocycles. The van der Waals surface area contributed by atoms with Crippen LogP contribution >= 0.6 is 0 Å². The maximum Gasteiger partial charge on any atom is 0.390 e. The molecule has 0 aromatic heterocycles. The van der Waals surface area contributed by atoms with Crippen LogP contribution in [0.2, 0.25) is 6.04 Å². The Hall–Kier alpha value is -3.37. The number of benzene rings is 5. The van der Waals surface area contributed by atoms with Gasteiger partial charge in [0.25, 0.3) is 0 Å². The first-order valence-electron chi connectivity index (χ1n) is 15.1. The summed E-state index contributed by atoms with van der Waals surface area (Å²) in [4.78, 5) is 0. The Morgan fingerprint density at radius 3 is 1.05 bits per heavy atom. The molecule has 5 aromatic carbocycles. The molecule has 0 atom stereocenters. The smallest absolute Gasteiger partial charge is 0.390 e. The fraction of sp³-hybridized carbons (Fsp3) is 0.167. The molecule has 1 aliphatic heterocycles. The van der Waals surface area contributed by atoms with Crippen molar-refractivity contribution in [2.45, 2.75) is 38.7 Å². The van der Waals surface area contributed by atoms with Gasteiger partial charge in [0.15, 0.2) is 0 Å². The summed E-state index contributed by atoms with van der Waals surface area (Å²) in [5, 5.41) is 5.64. The van der Waals surface area contributed by atoms with E-state index in [1.165, 1.54) is 18.0 Å². The zero-order chi connectivity index (χ0) is 28.7. The molecule has 0 radical (unpaired) electrons. The van der Waals surface area contributed by atoms with E-state index in [4.69, 9.17) is 12.3 Å². The van der Waals surface area contributed by atoms with Crippen LogP contribution in [0.15, 0.2) is 152 Å². The lowest BCUT2D eigenvalue weighted by Crippen LogP contribution is -2.85. The first-order valence-corrected chi connectivity index (χ1v) is 20.7. The Kier molecular flexibility index (Phi) is 8.81. The third-order valence-electron chi connectivity index (χ3n) is 8.09. The molecule has 0 bridgehead atoms. The molecule has 0 spiro atoms. The van der Waals surface area contributed by atoms with Crippen molar-refractivity contribution in [1.82, 2.24) is 0 Å². The molecule has 212 valence electrons. The minimum Gasteiger partial charge on any atom is -0.405 e. The molecule has 1 aliphatic rings. The van der Waals surface area contributed by atoms with Gasteiger partial charge < -0.3 is 12.3 Å². The maximum absolute atomic E-state index is 7.78. The molecule has 5 aromatic rings. The molecule has 6 rings (SSSR count). The van der Waals surface area contributed by atoms with Crippen LogP contribution in [0, 0.1) is 0 Å². The van der Waals surface area contributed by atoms with E-state index in [0.717, 1.165) is 39.6 Å². The lowest BCUT2D eigenvalue weighted by atomic mass is 10.2. The highest BCUT2D eigenvalue weighted by molar-refractivity contribution is 7.13. The van der Waals surface area contributed by atoms with Gasteiger partial charge in [-0.15, -0.1) is 0 Å². The second-order valence-electron chi connectivity index (χ2n) is 10.9. The highest BCUT2D eigenvalue weighted by atomic mass is 28.5. The molecule has 0 amide bonds. The predicted octanol–water partition coefficient (Wildman–Crippen LogP) is 5.49. The van der Waals surface area contributed by atoms with Crippen molar-refractivity contribution in [2.24, 2.45) is 0 Å². The van der Waals surface area contributed by atoms with Crippen molar-refractivity contribution in [1.29, 1.82) is 0 Å². The van der Waals surface area contributed by atoms with Gasteiger partial charge in [-0.1, -0.05) is 184 Å². The van der Waals surface area contributed by atoms with Crippen molar-refractivity contribution < 1.29 is 12.3 Å². The number of unbranched alkanes of at least 4 members (excludes halogenated alkanes) is 3. The van der Waals surface area contributed by atoms with Crippen LogP contribution in [0.25, 0.3) is 0 Å². The summed E-state index contributed by atoms with van der Waals surface area (Å²) in [5.74, 6) is 0. The Labute approximate surface area is 253 Å². The van der Waals surface area contributed by atoms with Gasteiger partial charge in [0.1, 0.15) is 0 Å². The van der Waals surface area contributed by atoms with E-state index < -0.39 is 25.7 Å². The minimum absolute atomic E-state index is 0.878. The van der Waals surface area contributed by atoms with Gasteiger partial charge >= 0.3 is 25.7 Å². The zero-order valence-electron chi connectivity index (χ0n) is 24.2. The summed E-state index contributed by atoms with van der Waals surface area (Å²) in [6, 6.07) is 54.4. The standard InChI is InChI=1S/C36H38O3Si3/c1-2-3-4-20-31-40(32-21-10-5-11-22-32)37-41(33-23-12-6-13-24-33,34-25-14-7-15-26-34)39-42(38-40,35-27-16-8-17-28-35)36-29-18-9-19-30-36/h5-19,21-30H,2-4,20,31H2,1H3. The monoisotopic (exact) mass is 602 g/mol. The topological polar surface area (TPSA) is 27.7 Å². The number of hydrogen-bond donors (Lipinski definition) is 0. The Morgan fingerprint density at radius 2 is 0.714 bits per heavy atom. The van der Waals surface area contributed by atoms with Gasteiger partial charge in [0, 0.05) is 0 Å². The van der Waals surface area contributed by atoms with Crippen LogP contribution in [0.3, 0.4) is 0 Å². The molecule has 0 unspecified atom stereocenters. The van der Waals surface area contributed by atoms with Crippen molar-refractivity contribution in [3.63, 3.8) is 0 Å².